The lowest BCUT2D eigenvalue weighted by Crippen LogP contribution is -2.31. The molecule has 0 atom stereocenters. The van der Waals surface area contributed by atoms with Crippen molar-refractivity contribution in [1.29, 1.82) is 0 Å². The summed E-state index contributed by atoms with van der Waals surface area (Å²) in [6.45, 7) is 3.39. The molecule has 2 heterocycles. The number of hydrogen-bond acceptors (Lipinski definition) is 6. The molecule has 0 spiro atoms. The van der Waals surface area contributed by atoms with Crippen LogP contribution in [0.3, 0.4) is 0 Å². The monoisotopic (exact) mass is 450 g/mol. The van der Waals surface area contributed by atoms with Crippen LogP contribution in [0.2, 0.25) is 0 Å². The minimum atomic E-state index is -0.205. The molecule has 4 rings (SSSR count). The Hall–Kier alpha value is -3.13. The number of thioether (sulfide) groups is 1. The molecule has 0 fully saturated rings. The zero-order valence-corrected chi connectivity index (χ0v) is 19.1. The van der Waals surface area contributed by atoms with E-state index in [0.29, 0.717) is 24.1 Å². The lowest BCUT2D eigenvalue weighted by Gasteiger charge is -2.13. The first-order valence-electron chi connectivity index (χ1n) is 10.8. The van der Waals surface area contributed by atoms with E-state index in [4.69, 9.17) is 4.74 Å². The predicted molar refractivity (Wildman–Crippen MR) is 124 cm³/mol. The number of carbonyl (C=O) groups excluding carboxylic acids is 2. The van der Waals surface area contributed by atoms with Gasteiger partial charge in [-0.1, -0.05) is 37.2 Å². The number of carbonyl (C=O) groups is 2. The number of hydrogen-bond donors (Lipinski definition) is 0. The molecule has 32 heavy (non-hydrogen) atoms. The third kappa shape index (κ3) is 4.41. The summed E-state index contributed by atoms with van der Waals surface area (Å²) in [5.74, 6) is 1.97. The van der Waals surface area contributed by atoms with E-state index in [2.05, 4.69) is 21.7 Å². The van der Waals surface area contributed by atoms with Gasteiger partial charge in [0.05, 0.1) is 18.2 Å². The van der Waals surface area contributed by atoms with Gasteiger partial charge >= 0.3 is 0 Å². The highest BCUT2D eigenvalue weighted by molar-refractivity contribution is 7.99. The molecule has 0 N–H and O–H groups in total. The van der Waals surface area contributed by atoms with Gasteiger partial charge in [0, 0.05) is 24.4 Å². The zero-order chi connectivity index (χ0) is 22.5. The molecule has 1 aromatic heterocycles. The van der Waals surface area contributed by atoms with E-state index in [0.717, 1.165) is 47.4 Å². The van der Waals surface area contributed by atoms with E-state index in [1.54, 1.807) is 43.1 Å². The number of unbranched alkanes of at least 4 members (excludes halogenated alkanes) is 1. The first kappa shape index (κ1) is 22.1. The third-order valence-electron chi connectivity index (χ3n) is 5.44. The Morgan fingerprint density at radius 1 is 0.906 bits per heavy atom. The molecule has 1 aliphatic rings. The first-order chi connectivity index (χ1) is 15.6. The molecule has 8 heteroatoms. The van der Waals surface area contributed by atoms with E-state index in [1.807, 2.05) is 24.3 Å². The van der Waals surface area contributed by atoms with Crippen LogP contribution in [0.5, 0.6) is 5.75 Å². The fourth-order valence-electron chi connectivity index (χ4n) is 3.70. The van der Waals surface area contributed by atoms with E-state index in [9.17, 15) is 9.59 Å². The van der Waals surface area contributed by atoms with Gasteiger partial charge in [0.15, 0.2) is 11.0 Å². The van der Waals surface area contributed by atoms with Gasteiger partial charge in [0.2, 0.25) is 0 Å². The van der Waals surface area contributed by atoms with Gasteiger partial charge < -0.3 is 9.30 Å². The van der Waals surface area contributed by atoms with E-state index in [-0.39, 0.29) is 11.8 Å². The summed E-state index contributed by atoms with van der Waals surface area (Å²) in [5.41, 5.74) is 1.98. The van der Waals surface area contributed by atoms with E-state index in [1.165, 1.54) is 4.90 Å². The summed E-state index contributed by atoms with van der Waals surface area (Å²) in [5, 5.41) is 9.71. The van der Waals surface area contributed by atoms with Crippen molar-refractivity contribution in [3.05, 3.63) is 59.7 Å². The van der Waals surface area contributed by atoms with Crippen molar-refractivity contribution in [1.82, 2.24) is 19.7 Å². The van der Waals surface area contributed by atoms with Crippen LogP contribution in [0, 0.1) is 0 Å². The SMILES string of the molecule is CCCCn1c(SCCCN2C(=O)c3ccccc3C2=O)nnc1-c1ccc(OC)cc1. The van der Waals surface area contributed by atoms with Crippen molar-refractivity contribution < 1.29 is 14.3 Å². The van der Waals surface area contributed by atoms with Crippen LogP contribution in [-0.2, 0) is 6.54 Å². The fourth-order valence-corrected chi connectivity index (χ4v) is 4.58. The summed E-state index contributed by atoms with van der Waals surface area (Å²) < 4.78 is 7.40. The highest BCUT2D eigenvalue weighted by Gasteiger charge is 2.34. The Labute approximate surface area is 191 Å². The maximum atomic E-state index is 12.5. The number of aromatic nitrogens is 3. The van der Waals surface area contributed by atoms with Crippen molar-refractivity contribution in [3.63, 3.8) is 0 Å². The molecule has 0 bridgehead atoms. The minimum absolute atomic E-state index is 0.205. The summed E-state index contributed by atoms with van der Waals surface area (Å²) in [6.07, 6.45) is 2.79. The minimum Gasteiger partial charge on any atom is -0.497 e. The molecular formula is C24H26N4O3S. The van der Waals surface area contributed by atoms with Gasteiger partial charge in [0.25, 0.3) is 11.8 Å². The number of amides is 2. The van der Waals surface area contributed by atoms with Gasteiger partial charge in [-0.15, -0.1) is 10.2 Å². The molecule has 1 aliphatic heterocycles. The molecular weight excluding hydrogens is 424 g/mol. The van der Waals surface area contributed by atoms with E-state index < -0.39 is 0 Å². The second-order valence-corrected chi connectivity index (χ2v) is 8.61. The van der Waals surface area contributed by atoms with Crippen molar-refractivity contribution >= 4 is 23.6 Å². The quantitative estimate of drug-likeness (QED) is 0.257. The van der Waals surface area contributed by atoms with Crippen LogP contribution in [0.25, 0.3) is 11.4 Å². The normalized spacial score (nSPS) is 13.0. The Morgan fingerprint density at radius 2 is 1.59 bits per heavy atom. The Bertz CT molecular complexity index is 1080. The Morgan fingerprint density at radius 3 is 2.22 bits per heavy atom. The molecule has 7 nitrogen and oxygen atoms in total. The fraction of sp³-hybridized carbons (Fsp3) is 0.333. The van der Waals surface area contributed by atoms with Gasteiger partial charge in [-0.3, -0.25) is 14.5 Å². The maximum Gasteiger partial charge on any atom is 0.261 e. The van der Waals surface area contributed by atoms with Crippen LogP contribution >= 0.6 is 11.8 Å². The standard InChI is InChI=1S/C24H26N4O3S/c1-3-4-14-27-21(17-10-12-18(31-2)13-11-17)25-26-24(27)32-16-7-15-28-22(29)19-8-5-6-9-20(19)23(28)30/h5-6,8-13H,3-4,7,14-16H2,1-2H3. The van der Waals surface area contributed by atoms with Crippen molar-refractivity contribution in [2.45, 2.75) is 37.9 Å². The Balaban J connectivity index is 1.40. The lowest BCUT2D eigenvalue weighted by atomic mass is 10.1. The number of imide groups is 1. The largest absolute Gasteiger partial charge is 0.497 e. The molecule has 2 amide bonds. The zero-order valence-electron chi connectivity index (χ0n) is 18.3. The molecule has 0 aliphatic carbocycles. The van der Waals surface area contributed by atoms with Crippen LogP contribution in [0.4, 0.5) is 0 Å². The summed E-state index contributed by atoms with van der Waals surface area (Å²) in [7, 11) is 1.65. The number of ether oxygens (including phenoxy) is 1. The molecule has 3 aromatic rings. The van der Waals surface area contributed by atoms with Crippen LogP contribution in [0.15, 0.2) is 53.7 Å². The second-order valence-electron chi connectivity index (χ2n) is 7.55. The average molecular weight is 451 g/mol. The van der Waals surface area contributed by atoms with Gasteiger partial charge in [-0.05, 0) is 49.2 Å². The molecule has 0 unspecified atom stereocenters. The van der Waals surface area contributed by atoms with E-state index >= 15 is 0 Å². The maximum absolute atomic E-state index is 12.5. The molecule has 0 saturated heterocycles. The molecule has 0 saturated carbocycles. The van der Waals surface area contributed by atoms with Gasteiger partial charge in [-0.25, -0.2) is 0 Å². The average Bonchev–Trinajstić information content (AvgIpc) is 3.34. The number of nitrogens with zero attached hydrogens (tertiary/aromatic N) is 4. The smallest absolute Gasteiger partial charge is 0.261 e. The topological polar surface area (TPSA) is 77.3 Å². The van der Waals surface area contributed by atoms with Crippen molar-refractivity contribution in [3.8, 4) is 17.1 Å². The molecule has 166 valence electrons. The number of benzene rings is 2. The Kier molecular flexibility index (Phi) is 6.90. The number of rotatable bonds is 10. The highest BCUT2D eigenvalue weighted by Crippen LogP contribution is 2.27. The predicted octanol–water partition coefficient (Wildman–Crippen LogP) is 4.53. The molecule has 2 aromatic carbocycles. The number of fused-ring (bicyclic) bond motifs is 1. The summed E-state index contributed by atoms with van der Waals surface area (Å²) in [6, 6.07) is 14.8. The van der Waals surface area contributed by atoms with Gasteiger partial charge in [-0.2, -0.15) is 0 Å². The van der Waals surface area contributed by atoms with Crippen LogP contribution < -0.4 is 4.74 Å². The first-order valence-corrected chi connectivity index (χ1v) is 11.8. The lowest BCUT2D eigenvalue weighted by molar-refractivity contribution is 0.0655. The second kappa shape index (κ2) is 9.99. The van der Waals surface area contributed by atoms with Gasteiger partial charge in [0.1, 0.15) is 5.75 Å². The number of methoxy groups -OCH3 is 1. The third-order valence-corrected chi connectivity index (χ3v) is 6.49. The summed E-state index contributed by atoms with van der Waals surface area (Å²) >= 11 is 1.61. The van der Waals surface area contributed by atoms with Crippen molar-refractivity contribution in [2.24, 2.45) is 0 Å². The van der Waals surface area contributed by atoms with Crippen LogP contribution in [-0.4, -0.2) is 50.9 Å². The highest BCUT2D eigenvalue weighted by atomic mass is 32.2. The molecule has 0 radical (unpaired) electrons. The van der Waals surface area contributed by atoms with Crippen molar-refractivity contribution in [2.75, 3.05) is 19.4 Å². The van der Waals surface area contributed by atoms with Crippen LogP contribution in [0.1, 0.15) is 46.9 Å². The summed E-state index contributed by atoms with van der Waals surface area (Å²) in [4.78, 5) is 26.4.